The number of nitrogens with zero attached hydrogens (tertiary/aromatic N) is 5. The summed E-state index contributed by atoms with van der Waals surface area (Å²) in [6.07, 6.45) is 6.58. The summed E-state index contributed by atoms with van der Waals surface area (Å²) in [5, 5.41) is 6.39. The van der Waals surface area contributed by atoms with E-state index in [0.717, 1.165) is 35.3 Å². The minimum atomic E-state index is -0.314. The zero-order valence-corrected chi connectivity index (χ0v) is 20.8. The monoisotopic (exact) mass is 511 g/mol. The summed E-state index contributed by atoms with van der Waals surface area (Å²) < 4.78 is 20.9. The van der Waals surface area contributed by atoms with Crippen LogP contribution in [0.25, 0.3) is 28.5 Å². The van der Waals surface area contributed by atoms with Gasteiger partial charge in [0.2, 0.25) is 5.95 Å². The lowest BCUT2D eigenvalue weighted by atomic mass is 10.1. The normalized spacial score (nSPS) is 14.1. The fraction of sp³-hybridized carbons (Fsp3) is 0.214. The lowest BCUT2D eigenvalue weighted by molar-refractivity contribution is 0.197. The van der Waals surface area contributed by atoms with Crippen molar-refractivity contribution in [2.24, 2.45) is 0 Å². The first-order chi connectivity index (χ1) is 18.5. The highest BCUT2D eigenvalue weighted by Gasteiger charge is 2.24. The number of carbonyl (C=O) groups is 1. The average molecular weight is 512 g/mol. The molecule has 0 spiro atoms. The number of anilines is 2. The lowest BCUT2D eigenvalue weighted by Gasteiger charge is -2.32. The Balaban J connectivity index is 1.16. The van der Waals surface area contributed by atoms with Gasteiger partial charge < -0.3 is 20.0 Å². The van der Waals surface area contributed by atoms with Crippen LogP contribution in [0.5, 0.6) is 0 Å². The molecule has 0 radical (unpaired) electrons. The first-order valence-electron chi connectivity index (χ1n) is 12.5. The van der Waals surface area contributed by atoms with E-state index in [1.54, 1.807) is 30.8 Å². The minimum absolute atomic E-state index is 0.0938. The molecule has 38 heavy (non-hydrogen) atoms. The third-order valence-electron chi connectivity index (χ3n) is 6.70. The number of hydrogen-bond donors (Lipinski definition) is 2. The molecule has 9 nitrogen and oxygen atoms in total. The van der Waals surface area contributed by atoms with Crippen LogP contribution in [0.1, 0.15) is 18.4 Å². The van der Waals surface area contributed by atoms with Crippen LogP contribution in [0.2, 0.25) is 0 Å². The van der Waals surface area contributed by atoms with Gasteiger partial charge in [-0.3, -0.25) is 4.40 Å². The number of oxazole rings is 1. The second kappa shape index (κ2) is 9.97. The van der Waals surface area contributed by atoms with E-state index in [1.165, 1.54) is 12.1 Å². The van der Waals surface area contributed by atoms with Gasteiger partial charge in [-0.15, -0.1) is 0 Å². The number of aryl methyl sites for hydroxylation is 1. The molecule has 1 aliphatic rings. The number of aromatic nitrogens is 4. The maximum atomic E-state index is 13.5. The van der Waals surface area contributed by atoms with Gasteiger partial charge in [0.1, 0.15) is 23.5 Å². The number of urea groups is 1. The number of imidazole rings is 1. The van der Waals surface area contributed by atoms with Crippen molar-refractivity contribution in [1.29, 1.82) is 0 Å². The predicted molar refractivity (Wildman–Crippen MR) is 142 cm³/mol. The average Bonchev–Trinajstić information content (AvgIpc) is 3.53. The van der Waals surface area contributed by atoms with Gasteiger partial charge in [0.25, 0.3) is 0 Å². The maximum Gasteiger partial charge on any atom is 0.321 e. The summed E-state index contributed by atoms with van der Waals surface area (Å²) in [5.41, 5.74) is 4.72. The van der Waals surface area contributed by atoms with Crippen molar-refractivity contribution in [3.8, 4) is 22.6 Å². The molecule has 0 saturated carbocycles. The molecule has 10 heteroatoms. The van der Waals surface area contributed by atoms with Gasteiger partial charge in [0.15, 0.2) is 0 Å². The van der Waals surface area contributed by atoms with E-state index in [0.29, 0.717) is 36.3 Å². The molecule has 5 aromatic rings. The van der Waals surface area contributed by atoms with Crippen molar-refractivity contribution in [1.82, 2.24) is 24.3 Å². The van der Waals surface area contributed by atoms with E-state index >= 15 is 0 Å². The van der Waals surface area contributed by atoms with Crippen LogP contribution in [0, 0.1) is 12.7 Å². The highest BCUT2D eigenvalue weighted by Crippen LogP contribution is 2.32. The van der Waals surface area contributed by atoms with Gasteiger partial charge in [-0.2, -0.15) is 4.98 Å². The molecule has 0 bridgehead atoms. The van der Waals surface area contributed by atoms with Gasteiger partial charge in [-0.25, -0.2) is 19.2 Å². The van der Waals surface area contributed by atoms with Crippen molar-refractivity contribution in [3.63, 3.8) is 0 Å². The molecule has 2 N–H and O–H groups in total. The van der Waals surface area contributed by atoms with Crippen LogP contribution in [0.4, 0.5) is 20.8 Å². The molecule has 4 heterocycles. The van der Waals surface area contributed by atoms with E-state index in [-0.39, 0.29) is 17.9 Å². The molecule has 6 rings (SSSR count). The second-order valence-corrected chi connectivity index (χ2v) is 9.34. The number of nitrogens with one attached hydrogen (secondary N) is 2. The highest BCUT2D eigenvalue weighted by atomic mass is 19.1. The Kier molecular flexibility index (Phi) is 6.20. The standard InChI is InChI=1S/C28H26FN7O2/c1-18-2-8-21(9-3-18)32-27(37)35-14-11-22(12-15-35)31-26-30-13-10-23(33-26)25-24(19-4-6-20(29)7-5-19)34-28-36(25)16-17-38-28/h2-10,13,16-17,22H,11-12,14-15H2,1H3,(H,32,37)(H,30,31,33). The molecule has 0 unspecified atom stereocenters. The molecule has 1 aliphatic heterocycles. The van der Waals surface area contributed by atoms with Crippen molar-refractivity contribution in [2.45, 2.75) is 25.8 Å². The summed E-state index contributed by atoms with van der Waals surface area (Å²) in [6, 6.07) is 15.8. The molecular formula is C28H26FN7O2. The Labute approximate surface area is 218 Å². The molecule has 0 aliphatic carbocycles. The Morgan fingerprint density at radius 3 is 2.55 bits per heavy atom. The number of rotatable bonds is 5. The van der Waals surface area contributed by atoms with Crippen molar-refractivity contribution in [3.05, 3.63) is 84.6 Å². The molecule has 2 aromatic carbocycles. The SMILES string of the molecule is Cc1ccc(NC(=O)N2CCC(Nc3nccc(-c4c(-c5ccc(F)cc5)nc5occn45)n3)CC2)cc1. The summed E-state index contributed by atoms with van der Waals surface area (Å²) >= 11 is 0. The van der Waals surface area contributed by atoms with E-state index < -0.39 is 0 Å². The zero-order valence-electron chi connectivity index (χ0n) is 20.8. The van der Waals surface area contributed by atoms with Crippen LogP contribution in [0.15, 0.2) is 77.7 Å². The van der Waals surface area contributed by atoms with Gasteiger partial charge >= 0.3 is 11.9 Å². The second-order valence-electron chi connectivity index (χ2n) is 9.34. The Hall–Kier alpha value is -4.73. The summed E-state index contributed by atoms with van der Waals surface area (Å²) in [5.74, 6) is 0.600. The lowest BCUT2D eigenvalue weighted by Crippen LogP contribution is -2.44. The van der Waals surface area contributed by atoms with Crippen molar-refractivity contribution in [2.75, 3.05) is 23.7 Å². The van der Waals surface area contributed by atoms with E-state index in [1.807, 2.05) is 46.6 Å². The van der Waals surface area contributed by atoms with Crippen LogP contribution in [-0.4, -0.2) is 49.4 Å². The Bertz CT molecular complexity index is 1570. The van der Waals surface area contributed by atoms with E-state index in [2.05, 4.69) is 20.6 Å². The molecular weight excluding hydrogens is 485 g/mol. The summed E-state index contributed by atoms with van der Waals surface area (Å²) in [4.78, 5) is 28.3. The maximum absolute atomic E-state index is 13.5. The first kappa shape index (κ1) is 23.7. The third-order valence-corrected chi connectivity index (χ3v) is 6.70. The Morgan fingerprint density at radius 1 is 1.03 bits per heavy atom. The number of likely N-dealkylation sites (tertiary alicyclic amines) is 1. The molecule has 192 valence electrons. The fourth-order valence-corrected chi connectivity index (χ4v) is 4.65. The molecule has 1 saturated heterocycles. The number of carbonyl (C=O) groups excluding carboxylic acids is 1. The third kappa shape index (κ3) is 4.80. The van der Waals surface area contributed by atoms with Crippen molar-refractivity contribution >= 4 is 23.5 Å². The first-order valence-corrected chi connectivity index (χ1v) is 12.5. The zero-order chi connectivity index (χ0) is 26.1. The predicted octanol–water partition coefficient (Wildman–Crippen LogP) is 5.61. The largest absolute Gasteiger partial charge is 0.432 e. The van der Waals surface area contributed by atoms with Gasteiger partial charge in [-0.05, 0) is 62.2 Å². The summed E-state index contributed by atoms with van der Waals surface area (Å²) in [7, 11) is 0. The molecule has 3 aromatic heterocycles. The van der Waals surface area contributed by atoms with E-state index in [4.69, 9.17) is 9.40 Å². The molecule has 0 atom stereocenters. The summed E-state index contributed by atoms with van der Waals surface area (Å²) in [6.45, 7) is 3.27. The minimum Gasteiger partial charge on any atom is -0.432 e. The molecule has 2 amide bonds. The molecule has 1 fully saturated rings. The van der Waals surface area contributed by atoms with E-state index in [9.17, 15) is 9.18 Å². The van der Waals surface area contributed by atoms with Gasteiger partial charge in [0.05, 0.1) is 5.69 Å². The number of piperidine rings is 1. The van der Waals surface area contributed by atoms with Crippen LogP contribution >= 0.6 is 0 Å². The number of benzene rings is 2. The smallest absolute Gasteiger partial charge is 0.321 e. The topological polar surface area (TPSA) is 101 Å². The van der Waals surface area contributed by atoms with Crippen LogP contribution in [0.3, 0.4) is 0 Å². The number of fused-ring (bicyclic) bond motifs is 1. The van der Waals surface area contributed by atoms with Gasteiger partial charge in [-0.1, -0.05) is 17.7 Å². The Morgan fingerprint density at radius 2 is 1.79 bits per heavy atom. The van der Waals surface area contributed by atoms with Crippen LogP contribution < -0.4 is 10.6 Å². The van der Waals surface area contributed by atoms with Crippen molar-refractivity contribution < 1.29 is 13.6 Å². The van der Waals surface area contributed by atoms with Crippen LogP contribution in [-0.2, 0) is 0 Å². The van der Waals surface area contributed by atoms with Gasteiger partial charge in [0, 0.05) is 42.8 Å². The highest BCUT2D eigenvalue weighted by molar-refractivity contribution is 5.89. The fourth-order valence-electron chi connectivity index (χ4n) is 4.65. The quantitative estimate of drug-likeness (QED) is 0.318. The number of hydrogen-bond acceptors (Lipinski definition) is 6. The number of halogens is 1. The number of amides is 2.